The van der Waals surface area contributed by atoms with Crippen LogP contribution in [0.15, 0.2) is 0 Å². The summed E-state index contributed by atoms with van der Waals surface area (Å²) in [6, 6.07) is 0.655. The zero-order valence-corrected chi connectivity index (χ0v) is 14.1. The monoisotopic (exact) mass is 305 g/mol. The van der Waals surface area contributed by atoms with E-state index in [9.17, 15) is 4.79 Å². The van der Waals surface area contributed by atoms with Crippen LogP contribution in [0.5, 0.6) is 0 Å². The lowest BCUT2D eigenvalue weighted by atomic mass is 10.0. The molecule has 2 saturated heterocycles. The average Bonchev–Trinajstić information content (AvgIpc) is 3.03. The normalized spacial score (nSPS) is 26.4. The van der Waals surface area contributed by atoms with Gasteiger partial charge in [0.25, 0.3) is 0 Å². The molecule has 2 amide bonds. The number of thioether (sulfide) groups is 1. The fourth-order valence-electron chi connectivity index (χ4n) is 2.28. The predicted octanol–water partition coefficient (Wildman–Crippen LogP) is 2.31. The number of nitrogens with two attached hydrogens (primary N) is 1. The second kappa shape index (κ2) is 12.3. The van der Waals surface area contributed by atoms with Gasteiger partial charge >= 0.3 is 6.03 Å². The third-order valence-corrected chi connectivity index (χ3v) is 4.59. The Labute approximate surface area is 127 Å². The van der Waals surface area contributed by atoms with E-state index in [-0.39, 0.29) is 6.03 Å². The molecule has 2 fully saturated rings. The quantitative estimate of drug-likeness (QED) is 0.400. The van der Waals surface area contributed by atoms with Crippen molar-refractivity contribution in [3.8, 4) is 0 Å². The van der Waals surface area contributed by atoms with E-state index >= 15 is 0 Å². The summed E-state index contributed by atoms with van der Waals surface area (Å²) in [6.45, 7) is 9.05. The first kappa shape index (κ1) is 19.5. The van der Waals surface area contributed by atoms with Gasteiger partial charge in [-0.15, -0.1) is 0 Å². The van der Waals surface area contributed by atoms with Crippen LogP contribution in [0.4, 0.5) is 4.79 Å². The Kier molecular flexibility index (Phi) is 12.0. The van der Waals surface area contributed by atoms with Crippen LogP contribution in [0, 0.1) is 0 Å². The second-order valence-electron chi connectivity index (χ2n) is 4.19. The molecule has 0 radical (unpaired) electrons. The van der Waals surface area contributed by atoms with Crippen molar-refractivity contribution in [3.05, 3.63) is 0 Å². The number of rotatable bonds is 6. The first-order valence-electron chi connectivity index (χ1n) is 7.77. The fourth-order valence-corrected chi connectivity index (χ4v) is 3.82. The summed E-state index contributed by atoms with van der Waals surface area (Å²) in [7, 11) is 0. The molecule has 5 nitrogen and oxygen atoms in total. The van der Waals surface area contributed by atoms with E-state index in [0.717, 1.165) is 31.6 Å². The van der Waals surface area contributed by atoms with Gasteiger partial charge in [-0.25, -0.2) is 4.79 Å². The van der Waals surface area contributed by atoms with Gasteiger partial charge in [0.15, 0.2) is 0 Å². The van der Waals surface area contributed by atoms with E-state index in [1.54, 1.807) is 0 Å². The first-order valence-corrected chi connectivity index (χ1v) is 8.82. The third kappa shape index (κ3) is 6.33. The molecule has 0 aromatic heterocycles. The van der Waals surface area contributed by atoms with Gasteiger partial charge in [0.1, 0.15) is 0 Å². The molecule has 2 rings (SSSR count). The molecule has 2 aliphatic rings. The van der Waals surface area contributed by atoms with Crippen molar-refractivity contribution in [2.45, 2.75) is 64.3 Å². The number of hydrogen-bond acceptors (Lipinski definition) is 4. The van der Waals surface area contributed by atoms with Crippen LogP contribution in [0.2, 0.25) is 0 Å². The summed E-state index contributed by atoms with van der Waals surface area (Å²) in [4.78, 5) is 11.2. The maximum Gasteiger partial charge on any atom is 0.315 e. The van der Waals surface area contributed by atoms with Crippen LogP contribution in [0.3, 0.4) is 0 Å². The highest BCUT2D eigenvalue weighted by Gasteiger charge is 2.42. The number of hydrogen-bond donors (Lipinski definition) is 3. The Hall–Kier alpha value is -0.460. The van der Waals surface area contributed by atoms with E-state index in [1.165, 1.54) is 0 Å². The summed E-state index contributed by atoms with van der Waals surface area (Å²) in [6.07, 6.45) is 3.32. The van der Waals surface area contributed by atoms with Crippen molar-refractivity contribution in [2.75, 3.05) is 19.1 Å². The number of unbranched alkanes of at least 4 members (excludes halogenated alkanes) is 1. The van der Waals surface area contributed by atoms with Crippen molar-refractivity contribution < 1.29 is 9.53 Å². The second-order valence-corrected chi connectivity index (χ2v) is 5.46. The number of carbonyl (C=O) groups excluding carboxylic acids is 1. The molecule has 4 N–H and O–H groups in total. The van der Waals surface area contributed by atoms with Gasteiger partial charge in [0.2, 0.25) is 0 Å². The zero-order chi connectivity index (χ0) is 15.4. The van der Waals surface area contributed by atoms with Crippen LogP contribution in [-0.2, 0) is 4.74 Å². The zero-order valence-electron chi connectivity index (χ0n) is 13.3. The molecule has 3 unspecified atom stereocenters. The molecule has 0 aliphatic carbocycles. The Morgan fingerprint density at radius 2 is 1.95 bits per heavy atom. The van der Waals surface area contributed by atoms with Gasteiger partial charge in [-0.1, -0.05) is 27.7 Å². The highest BCUT2D eigenvalue weighted by molar-refractivity contribution is 8.00. The van der Waals surface area contributed by atoms with Crippen LogP contribution in [0.1, 0.15) is 47.0 Å². The van der Waals surface area contributed by atoms with Crippen LogP contribution in [0.25, 0.3) is 0 Å². The van der Waals surface area contributed by atoms with Gasteiger partial charge in [-0.3, -0.25) is 0 Å². The molecule has 6 heteroatoms. The number of fused-ring (bicyclic) bond motifs is 1. The summed E-state index contributed by atoms with van der Waals surface area (Å²) >= 11 is 1.96. The first-order chi connectivity index (χ1) is 9.81. The Morgan fingerprint density at radius 3 is 2.60 bits per heavy atom. The van der Waals surface area contributed by atoms with Gasteiger partial charge in [-0.2, -0.15) is 11.8 Å². The summed E-state index contributed by atoms with van der Waals surface area (Å²) in [5.74, 6) is 1.04. The molecular formula is C14H31N3O2S. The molecule has 0 spiro atoms. The minimum atomic E-state index is -0.00762. The minimum Gasteiger partial charge on any atom is -0.367 e. The lowest BCUT2D eigenvalue weighted by molar-refractivity contribution is 0.136. The molecule has 0 bridgehead atoms. The lowest BCUT2D eigenvalue weighted by Crippen LogP contribution is -2.36. The van der Waals surface area contributed by atoms with Gasteiger partial charge < -0.3 is 21.1 Å². The smallest absolute Gasteiger partial charge is 0.315 e. The van der Waals surface area contributed by atoms with E-state index < -0.39 is 0 Å². The third-order valence-electron chi connectivity index (χ3n) is 3.08. The average molecular weight is 305 g/mol. The van der Waals surface area contributed by atoms with Crippen molar-refractivity contribution >= 4 is 17.8 Å². The highest BCUT2D eigenvalue weighted by Crippen LogP contribution is 2.32. The molecular weight excluding hydrogens is 274 g/mol. The van der Waals surface area contributed by atoms with Crippen molar-refractivity contribution in [3.63, 3.8) is 0 Å². The predicted molar refractivity (Wildman–Crippen MR) is 87.0 cm³/mol. The van der Waals surface area contributed by atoms with Gasteiger partial charge in [-0.05, 0) is 19.3 Å². The van der Waals surface area contributed by atoms with Crippen molar-refractivity contribution in [1.29, 1.82) is 0 Å². The maximum atomic E-state index is 11.2. The molecule has 2 heterocycles. The number of nitrogens with one attached hydrogen (secondary N) is 2. The summed E-state index contributed by atoms with van der Waals surface area (Å²) in [5, 5.41) is 6.50. The molecule has 3 atom stereocenters. The Morgan fingerprint density at radius 1 is 1.25 bits per heavy atom. The van der Waals surface area contributed by atoms with Gasteiger partial charge in [0.05, 0.1) is 18.8 Å². The van der Waals surface area contributed by atoms with Crippen LogP contribution >= 0.6 is 11.8 Å². The summed E-state index contributed by atoms with van der Waals surface area (Å²) in [5.41, 5.74) is 5.24. The number of carbonyl (C=O) groups is 1. The minimum absolute atomic E-state index is 0.00762. The highest BCUT2D eigenvalue weighted by atomic mass is 32.2. The SMILES string of the molecule is CC.CC.NCOCCCCC1SCC2NC(=O)NC21. The molecule has 120 valence electrons. The largest absolute Gasteiger partial charge is 0.367 e. The van der Waals surface area contributed by atoms with Crippen LogP contribution < -0.4 is 16.4 Å². The van der Waals surface area contributed by atoms with E-state index in [1.807, 2.05) is 39.5 Å². The number of ether oxygens (including phenoxy) is 1. The van der Waals surface area contributed by atoms with Crippen molar-refractivity contribution in [2.24, 2.45) is 5.73 Å². The van der Waals surface area contributed by atoms with E-state index in [0.29, 0.717) is 24.1 Å². The van der Waals surface area contributed by atoms with Crippen molar-refractivity contribution in [1.82, 2.24) is 10.6 Å². The topological polar surface area (TPSA) is 76.4 Å². The summed E-state index contributed by atoms with van der Waals surface area (Å²) < 4.78 is 5.09. The standard InChI is InChI=1S/C10H19N3O2S.2C2H6/c11-6-15-4-2-1-3-8-9-7(5-16-8)12-10(14)13-9;2*1-2/h7-9H,1-6,11H2,(H2,12,13,14);2*1-2H3. The molecule has 2 aliphatic heterocycles. The van der Waals surface area contributed by atoms with E-state index in [2.05, 4.69) is 10.6 Å². The molecule has 20 heavy (non-hydrogen) atoms. The fraction of sp³-hybridized carbons (Fsp3) is 0.929. The maximum absolute atomic E-state index is 11.2. The number of urea groups is 1. The van der Waals surface area contributed by atoms with E-state index in [4.69, 9.17) is 10.5 Å². The molecule has 0 aromatic carbocycles. The van der Waals surface area contributed by atoms with Crippen LogP contribution in [-0.4, -0.2) is 42.5 Å². The lowest BCUT2D eigenvalue weighted by Gasteiger charge is -2.16. The Bertz CT molecular complexity index is 255. The number of amides is 2. The molecule has 0 aromatic rings. The Balaban J connectivity index is 0.000000829. The van der Waals surface area contributed by atoms with Gasteiger partial charge in [0, 0.05) is 17.6 Å². The molecule has 0 saturated carbocycles.